The van der Waals surface area contributed by atoms with Crippen LogP contribution in [0.1, 0.15) is 79.2 Å². The summed E-state index contributed by atoms with van der Waals surface area (Å²) in [6.45, 7) is -0.495. The second-order valence-electron chi connectivity index (χ2n) is 11.3. The Morgan fingerprint density at radius 2 is 1.77 bits per heavy atom. The van der Waals surface area contributed by atoms with E-state index in [0.29, 0.717) is 16.9 Å². The van der Waals surface area contributed by atoms with E-state index in [-0.39, 0.29) is 69.0 Å². The fourth-order valence-corrected chi connectivity index (χ4v) is 5.43. The van der Waals surface area contributed by atoms with Gasteiger partial charge in [-0.05, 0) is 36.3 Å². The molecule has 5 rings (SSSR count). The van der Waals surface area contributed by atoms with Crippen molar-refractivity contribution >= 4 is 17.5 Å². The maximum atomic E-state index is 13.9. The van der Waals surface area contributed by atoms with E-state index >= 15 is 0 Å². The number of aromatic nitrogens is 6. The summed E-state index contributed by atoms with van der Waals surface area (Å²) in [7, 11) is 0. The summed E-state index contributed by atoms with van der Waals surface area (Å²) < 4.78 is 92.9. The van der Waals surface area contributed by atoms with Gasteiger partial charge in [-0.2, -0.15) is 28.2 Å². The first-order valence-electron chi connectivity index (χ1n) is 13.8. The lowest BCUT2D eigenvalue weighted by Gasteiger charge is -2.34. The van der Waals surface area contributed by atoms with E-state index in [4.69, 9.17) is 0 Å². The van der Waals surface area contributed by atoms with Gasteiger partial charge in [-0.25, -0.2) is 27.1 Å². The normalized spacial score (nSPS) is 19.6. The highest BCUT2D eigenvalue weighted by Crippen LogP contribution is 2.44. The molecule has 17 heteroatoms. The van der Waals surface area contributed by atoms with E-state index in [1.807, 2.05) is 0 Å². The van der Waals surface area contributed by atoms with Crippen molar-refractivity contribution in [2.45, 2.75) is 88.5 Å². The molecule has 2 fully saturated rings. The lowest BCUT2D eigenvalue weighted by atomic mass is 9.79. The smallest absolute Gasteiger partial charge is 0.352 e. The van der Waals surface area contributed by atoms with Gasteiger partial charge in [0.15, 0.2) is 11.3 Å². The minimum atomic E-state index is -4.43. The van der Waals surface area contributed by atoms with Crippen molar-refractivity contribution in [3.63, 3.8) is 0 Å². The number of nitrogens with zero attached hydrogens (tertiary/aromatic N) is 6. The molecule has 3 aromatic rings. The molecule has 3 aromatic heterocycles. The van der Waals surface area contributed by atoms with Gasteiger partial charge in [-0.15, -0.1) is 5.10 Å². The van der Waals surface area contributed by atoms with Crippen LogP contribution in [-0.4, -0.2) is 59.4 Å². The zero-order chi connectivity index (χ0) is 31.0. The Morgan fingerprint density at radius 1 is 1.05 bits per heavy atom. The molecule has 0 aliphatic heterocycles. The predicted octanol–water partition coefficient (Wildman–Crippen LogP) is 4.62. The first kappa shape index (κ1) is 30.7. The Morgan fingerprint density at radius 3 is 2.44 bits per heavy atom. The van der Waals surface area contributed by atoms with Crippen LogP contribution in [0.3, 0.4) is 0 Å². The maximum absolute atomic E-state index is 13.9. The molecule has 2 amide bonds. The van der Waals surface area contributed by atoms with Crippen LogP contribution in [-0.2, 0) is 17.9 Å². The molecule has 234 valence electrons. The van der Waals surface area contributed by atoms with Gasteiger partial charge in [0.2, 0.25) is 17.8 Å². The summed E-state index contributed by atoms with van der Waals surface area (Å²) in [6, 6.07) is 0.795. The van der Waals surface area contributed by atoms with E-state index in [0.717, 1.165) is 11.0 Å². The number of rotatable bonds is 10. The molecule has 2 aliphatic rings. The average molecular weight is 619 g/mol. The quantitative estimate of drug-likeness (QED) is 0.320. The molecule has 0 radical (unpaired) electrons. The van der Waals surface area contributed by atoms with Crippen LogP contribution in [0.5, 0.6) is 0 Å². The molecule has 0 saturated heterocycles. The average Bonchev–Trinajstić information content (AvgIpc) is 3.55. The molecule has 10 nitrogen and oxygen atoms in total. The summed E-state index contributed by atoms with van der Waals surface area (Å²) in [4.78, 5) is 30.5. The standard InChI is InChI=1S/C26H29F7N8O2/c27-24(28)3-1-17(2-4-24)22(38-23(43)18-13-36-41(39-18)6-5-26(31,32)33)19-14-40-20(37-19)7-16(12-35-40)11-34-21(42)8-15-9-25(29,30)10-15/h7,12-15,17,22H,1-6,8-11H2,(H,34,42)(H,38,43)/t22-/m0/s1. The van der Waals surface area contributed by atoms with Crippen LogP contribution >= 0.6 is 0 Å². The van der Waals surface area contributed by atoms with Gasteiger partial charge in [0, 0.05) is 38.6 Å². The Labute approximate surface area is 240 Å². The zero-order valence-corrected chi connectivity index (χ0v) is 22.8. The Hall–Kier alpha value is -3.79. The lowest BCUT2D eigenvalue weighted by molar-refractivity contribution is -0.138. The Kier molecular flexibility index (Phi) is 8.35. The van der Waals surface area contributed by atoms with Crippen LogP contribution in [0.2, 0.25) is 0 Å². The van der Waals surface area contributed by atoms with Crippen LogP contribution in [0.15, 0.2) is 24.7 Å². The first-order valence-corrected chi connectivity index (χ1v) is 13.8. The third kappa shape index (κ3) is 7.98. The number of carbonyl (C=O) groups is 2. The fourth-order valence-electron chi connectivity index (χ4n) is 5.43. The highest BCUT2D eigenvalue weighted by Gasteiger charge is 2.45. The second-order valence-corrected chi connectivity index (χ2v) is 11.3. The van der Waals surface area contributed by atoms with E-state index in [2.05, 4.69) is 30.9 Å². The monoisotopic (exact) mass is 618 g/mol. The third-order valence-electron chi connectivity index (χ3n) is 7.74. The molecule has 3 heterocycles. The number of aryl methyl sites for hydroxylation is 1. The molecule has 0 unspecified atom stereocenters. The summed E-state index contributed by atoms with van der Waals surface area (Å²) in [5.74, 6) is -7.43. The number of amides is 2. The van der Waals surface area contributed by atoms with E-state index < -0.39 is 48.9 Å². The molecule has 0 spiro atoms. The van der Waals surface area contributed by atoms with Gasteiger partial charge in [0.1, 0.15) is 0 Å². The maximum Gasteiger partial charge on any atom is 0.390 e. The van der Waals surface area contributed by atoms with E-state index in [1.54, 1.807) is 6.07 Å². The summed E-state index contributed by atoms with van der Waals surface area (Å²) in [5.41, 5.74) is 1.01. The number of imidazole rings is 1. The molecule has 2 saturated carbocycles. The summed E-state index contributed by atoms with van der Waals surface area (Å²) >= 11 is 0. The first-order chi connectivity index (χ1) is 20.1. The van der Waals surface area contributed by atoms with Crippen molar-refractivity contribution in [1.29, 1.82) is 0 Å². The van der Waals surface area contributed by atoms with Gasteiger partial charge in [-0.1, -0.05) is 0 Å². The Balaban J connectivity index is 1.28. The van der Waals surface area contributed by atoms with Crippen LogP contribution in [0.25, 0.3) is 5.65 Å². The van der Waals surface area contributed by atoms with Gasteiger partial charge >= 0.3 is 6.18 Å². The van der Waals surface area contributed by atoms with Crippen molar-refractivity contribution < 1.29 is 40.3 Å². The number of fused-ring (bicyclic) bond motifs is 1. The zero-order valence-electron chi connectivity index (χ0n) is 22.8. The van der Waals surface area contributed by atoms with Gasteiger partial charge in [-0.3, -0.25) is 9.59 Å². The molecular formula is C26H29F7N8O2. The largest absolute Gasteiger partial charge is 0.390 e. The summed E-state index contributed by atoms with van der Waals surface area (Å²) in [5, 5.41) is 17.2. The number of hydrogen-bond donors (Lipinski definition) is 2. The minimum Gasteiger partial charge on any atom is -0.352 e. The number of carbonyl (C=O) groups excluding carboxylic acids is 2. The number of nitrogens with one attached hydrogen (secondary N) is 2. The summed E-state index contributed by atoms with van der Waals surface area (Å²) in [6.07, 6.45) is -2.78. The van der Waals surface area contributed by atoms with Crippen molar-refractivity contribution in [2.24, 2.45) is 11.8 Å². The highest BCUT2D eigenvalue weighted by atomic mass is 19.4. The number of alkyl halides is 7. The van der Waals surface area contributed by atoms with Gasteiger partial charge in [0.05, 0.1) is 43.3 Å². The molecule has 2 N–H and O–H groups in total. The topological polar surface area (TPSA) is 119 Å². The third-order valence-corrected chi connectivity index (χ3v) is 7.74. The second kappa shape index (κ2) is 11.7. The minimum absolute atomic E-state index is 0.00328. The SMILES string of the molecule is O=C(CC1CC(F)(F)C1)NCc1cnn2cc([C@@H](NC(=O)c3cnn(CCC(F)(F)F)n3)C3CCC(F)(F)CC3)nc2c1. The fraction of sp³-hybridized carbons (Fsp3) is 0.615. The molecular weight excluding hydrogens is 589 g/mol. The van der Waals surface area contributed by atoms with Crippen molar-refractivity contribution in [1.82, 2.24) is 40.2 Å². The van der Waals surface area contributed by atoms with E-state index in [9.17, 15) is 40.3 Å². The molecule has 0 bridgehead atoms. The predicted molar refractivity (Wildman–Crippen MR) is 135 cm³/mol. The molecule has 43 heavy (non-hydrogen) atoms. The Bertz CT molecular complexity index is 1450. The van der Waals surface area contributed by atoms with Crippen LogP contribution in [0, 0.1) is 11.8 Å². The van der Waals surface area contributed by atoms with Gasteiger partial charge < -0.3 is 10.6 Å². The number of hydrogen-bond acceptors (Lipinski definition) is 6. The van der Waals surface area contributed by atoms with Crippen molar-refractivity contribution in [3.05, 3.63) is 41.6 Å². The molecule has 2 aliphatic carbocycles. The lowest BCUT2D eigenvalue weighted by Crippen LogP contribution is -2.38. The van der Waals surface area contributed by atoms with E-state index in [1.165, 1.54) is 16.9 Å². The van der Waals surface area contributed by atoms with Crippen LogP contribution in [0.4, 0.5) is 30.7 Å². The number of halogens is 7. The van der Waals surface area contributed by atoms with Crippen LogP contribution < -0.4 is 10.6 Å². The highest BCUT2D eigenvalue weighted by molar-refractivity contribution is 5.92. The van der Waals surface area contributed by atoms with Gasteiger partial charge in [0.25, 0.3) is 5.91 Å². The van der Waals surface area contributed by atoms with Crippen molar-refractivity contribution in [3.8, 4) is 0 Å². The molecule has 1 atom stereocenters. The van der Waals surface area contributed by atoms with Crippen molar-refractivity contribution in [2.75, 3.05) is 0 Å². The molecule has 0 aromatic carbocycles.